The van der Waals surface area contributed by atoms with Gasteiger partial charge in [0.15, 0.2) is 0 Å². The Bertz CT molecular complexity index is 683. The molecule has 1 heterocycles. The number of hydrogen-bond donors (Lipinski definition) is 1. The number of carbonyl (C=O) groups is 1. The fourth-order valence-corrected chi connectivity index (χ4v) is 3.49. The molecule has 1 N–H and O–H groups in total. The van der Waals surface area contributed by atoms with Gasteiger partial charge in [-0.25, -0.2) is 4.98 Å². The Labute approximate surface area is 149 Å². The molecule has 1 aromatic carbocycles. The molecule has 0 atom stereocenters. The van der Waals surface area contributed by atoms with E-state index in [4.69, 9.17) is 0 Å². The first-order valence-electron chi connectivity index (χ1n) is 9.05. The van der Waals surface area contributed by atoms with Gasteiger partial charge in [0.05, 0.1) is 6.20 Å². The highest BCUT2D eigenvalue weighted by atomic mass is 16.1. The van der Waals surface area contributed by atoms with Crippen LogP contribution in [0.2, 0.25) is 0 Å². The third kappa shape index (κ3) is 4.86. The van der Waals surface area contributed by atoms with E-state index in [0.29, 0.717) is 18.3 Å². The molecule has 1 fully saturated rings. The van der Waals surface area contributed by atoms with E-state index in [9.17, 15) is 4.79 Å². The molecule has 5 nitrogen and oxygen atoms in total. The van der Waals surface area contributed by atoms with E-state index < -0.39 is 0 Å². The molecular formula is C20H26N4O. The van der Waals surface area contributed by atoms with Gasteiger partial charge in [0.2, 0.25) is 0 Å². The smallest absolute Gasteiger partial charge is 0.271 e. The highest BCUT2D eigenvalue weighted by molar-refractivity contribution is 5.91. The lowest BCUT2D eigenvalue weighted by Gasteiger charge is -2.31. The van der Waals surface area contributed by atoms with E-state index in [1.54, 1.807) is 6.20 Å². The predicted molar refractivity (Wildman–Crippen MR) is 98.0 cm³/mol. The Kier molecular flexibility index (Phi) is 6.12. The summed E-state index contributed by atoms with van der Waals surface area (Å²) in [5, 5.41) is 2.95. The van der Waals surface area contributed by atoms with Crippen LogP contribution in [-0.4, -0.2) is 33.9 Å². The minimum atomic E-state index is -0.191. The molecule has 1 aliphatic carbocycles. The second kappa shape index (κ2) is 8.72. The number of nitrogens with zero attached hydrogens (tertiary/aromatic N) is 3. The van der Waals surface area contributed by atoms with Gasteiger partial charge >= 0.3 is 0 Å². The van der Waals surface area contributed by atoms with Crippen molar-refractivity contribution in [1.29, 1.82) is 0 Å². The maximum atomic E-state index is 12.2. The van der Waals surface area contributed by atoms with Crippen molar-refractivity contribution in [2.45, 2.75) is 51.2 Å². The highest BCUT2D eigenvalue weighted by Crippen LogP contribution is 2.23. The summed E-state index contributed by atoms with van der Waals surface area (Å²) in [5.74, 6) is -0.191. The summed E-state index contributed by atoms with van der Waals surface area (Å²) in [4.78, 5) is 22.6. The topological polar surface area (TPSA) is 58.1 Å². The summed E-state index contributed by atoms with van der Waals surface area (Å²) in [6.07, 6.45) is 11.2. The normalized spacial score (nSPS) is 15.3. The second-order valence-corrected chi connectivity index (χ2v) is 6.75. The van der Waals surface area contributed by atoms with E-state index in [0.717, 1.165) is 12.1 Å². The molecule has 1 aromatic heterocycles. The van der Waals surface area contributed by atoms with Gasteiger partial charge in [0, 0.05) is 31.5 Å². The number of hydrogen-bond acceptors (Lipinski definition) is 4. The molecule has 0 saturated heterocycles. The van der Waals surface area contributed by atoms with E-state index in [-0.39, 0.29) is 5.91 Å². The van der Waals surface area contributed by atoms with Crippen LogP contribution in [-0.2, 0) is 13.1 Å². The largest absolute Gasteiger partial charge is 0.347 e. The van der Waals surface area contributed by atoms with Crippen LogP contribution in [0.5, 0.6) is 0 Å². The summed E-state index contributed by atoms with van der Waals surface area (Å²) in [7, 11) is 2.21. The Morgan fingerprint density at radius 3 is 2.64 bits per heavy atom. The Balaban J connectivity index is 1.61. The molecule has 1 aliphatic rings. The van der Waals surface area contributed by atoms with Crippen LogP contribution < -0.4 is 5.32 Å². The predicted octanol–water partition coefficient (Wildman–Crippen LogP) is 3.17. The van der Waals surface area contributed by atoms with Crippen LogP contribution in [0.4, 0.5) is 0 Å². The van der Waals surface area contributed by atoms with Gasteiger partial charge in [0.1, 0.15) is 5.69 Å². The van der Waals surface area contributed by atoms with Gasteiger partial charge in [-0.1, -0.05) is 43.5 Å². The monoisotopic (exact) mass is 338 g/mol. The Morgan fingerprint density at radius 1 is 1.16 bits per heavy atom. The van der Waals surface area contributed by atoms with Crippen LogP contribution in [0.1, 0.15) is 53.7 Å². The molecule has 1 saturated carbocycles. The number of benzene rings is 1. The van der Waals surface area contributed by atoms with Crippen molar-refractivity contribution in [1.82, 2.24) is 20.2 Å². The van der Waals surface area contributed by atoms with E-state index >= 15 is 0 Å². The van der Waals surface area contributed by atoms with Gasteiger partial charge in [-0.15, -0.1) is 0 Å². The third-order valence-electron chi connectivity index (χ3n) is 4.97. The standard InChI is InChI=1S/C20H26N4O/c1-24(18-9-3-2-4-10-18)15-17-8-6-5-7-16(17)13-23-20(25)19-14-21-11-12-22-19/h5-8,11-12,14,18H,2-4,9-10,13,15H2,1H3,(H,23,25). The van der Waals surface area contributed by atoms with E-state index in [1.807, 2.05) is 6.07 Å². The summed E-state index contributed by atoms with van der Waals surface area (Å²) < 4.78 is 0. The molecule has 2 aromatic rings. The minimum absolute atomic E-state index is 0.191. The van der Waals surface area contributed by atoms with Crippen molar-refractivity contribution in [3.05, 3.63) is 59.7 Å². The quantitative estimate of drug-likeness (QED) is 0.879. The van der Waals surface area contributed by atoms with Crippen molar-refractivity contribution in [3.8, 4) is 0 Å². The summed E-state index contributed by atoms with van der Waals surface area (Å²) in [6.45, 7) is 1.42. The van der Waals surface area contributed by atoms with Gasteiger partial charge in [-0.3, -0.25) is 14.7 Å². The maximum absolute atomic E-state index is 12.2. The van der Waals surface area contributed by atoms with E-state index in [1.165, 1.54) is 50.1 Å². The van der Waals surface area contributed by atoms with Crippen LogP contribution >= 0.6 is 0 Å². The van der Waals surface area contributed by atoms with E-state index in [2.05, 4.69) is 45.4 Å². The lowest BCUT2D eigenvalue weighted by Crippen LogP contribution is -2.33. The average Bonchev–Trinajstić information content (AvgIpc) is 2.68. The number of aromatic nitrogens is 2. The third-order valence-corrected chi connectivity index (χ3v) is 4.97. The first-order chi connectivity index (χ1) is 12.2. The molecule has 0 aliphatic heterocycles. The maximum Gasteiger partial charge on any atom is 0.271 e. The SMILES string of the molecule is CN(Cc1ccccc1CNC(=O)c1cnccn1)C1CCCCC1. The van der Waals surface area contributed by atoms with Gasteiger partial charge in [0.25, 0.3) is 5.91 Å². The molecule has 132 valence electrons. The van der Waals surface area contributed by atoms with Crippen molar-refractivity contribution in [2.75, 3.05) is 7.05 Å². The second-order valence-electron chi connectivity index (χ2n) is 6.75. The number of amides is 1. The first-order valence-corrected chi connectivity index (χ1v) is 9.05. The zero-order chi connectivity index (χ0) is 17.5. The van der Waals surface area contributed by atoms with Crippen LogP contribution in [0, 0.1) is 0 Å². The zero-order valence-electron chi connectivity index (χ0n) is 14.8. The fraction of sp³-hybridized carbons (Fsp3) is 0.450. The summed E-state index contributed by atoms with van der Waals surface area (Å²) in [5.41, 5.74) is 2.77. The Hall–Kier alpha value is -2.27. The molecule has 1 amide bonds. The van der Waals surface area contributed by atoms with Crippen molar-refractivity contribution < 1.29 is 4.79 Å². The number of nitrogens with one attached hydrogen (secondary N) is 1. The average molecular weight is 338 g/mol. The molecule has 5 heteroatoms. The number of carbonyl (C=O) groups excluding carboxylic acids is 1. The number of rotatable bonds is 6. The van der Waals surface area contributed by atoms with Gasteiger partial charge < -0.3 is 5.32 Å². The molecule has 3 rings (SSSR count). The van der Waals surface area contributed by atoms with Gasteiger partial charge in [-0.2, -0.15) is 0 Å². The summed E-state index contributed by atoms with van der Waals surface area (Å²) >= 11 is 0. The van der Waals surface area contributed by atoms with Crippen LogP contribution in [0.3, 0.4) is 0 Å². The molecule has 0 bridgehead atoms. The lowest BCUT2D eigenvalue weighted by atomic mass is 9.94. The van der Waals surface area contributed by atoms with Crippen molar-refractivity contribution in [3.63, 3.8) is 0 Å². The Morgan fingerprint density at radius 2 is 1.92 bits per heavy atom. The first kappa shape index (κ1) is 17.5. The lowest BCUT2D eigenvalue weighted by molar-refractivity contribution is 0.0945. The minimum Gasteiger partial charge on any atom is -0.347 e. The summed E-state index contributed by atoms with van der Waals surface area (Å²) in [6, 6.07) is 9.01. The highest BCUT2D eigenvalue weighted by Gasteiger charge is 2.18. The molecule has 0 unspecified atom stereocenters. The van der Waals surface area contributed by atoms with Crippen molar-refractivity contribution in [2.24, 2.45) is 0 Å². The van der Waals surface area contributed by atoms with Crippen LogP contribution in [0.15, 0.2) is 42.9 Å². The molecule has 25 heavy (non-hydrogen) atoms. The molecular weight excluding hydrogens is 312 g/mol. The van der Waals surface area contributed by atoms with Gasteiger partial charge in [-0.05, 0) is 31.0 Å². The molecule has 0 radical (unpaired) electrons. The molecule has 0 spiro atoms. The zero-order valence-corrected chi connectivity index (χ0v) is 14.8. The fourth-order valence-electron chi connectivity index (χ4n) is 3.49. The van der Waals surface area contributed by atoms with Crippen molar-refractivity contribution >= 4 is 5.91 Å². The van der Waals surface area contributed by atoms with Crippen LogP contribution in [0.25, 0.3) is 0 Å².